The van der Waals surface area contributed by atoms with Gasteiger partial charge in [0.15, 0.2) is 0 Å². The molecule has 2 aromatic carbocycles. The molecule has 2 aromatic rings. The third kappa shape index (κ3) is 3.09. The Bertz CT molecular complexity index is 550. The Morgan fingerprint density at radius 3 is 2.60 bits per heavy atom. The Balaban J connectivity index is 1.69. The van der Waals surface area contributed by atoms with Crippen molar-refractivity contribution in [3.05, 3.63) is 71.3 Å². The predicted octanol–water partition coefficient (Wildman–Crippen LogP) is 3.14. The van der Waals surface area contributed by atoms with Crippen molar-refractivity contribution in [2.75, 3.05) is 19.6 Å². The molecule has 0 spiro atoms. The molecule has 1 N–H and O–H groups in total. The lowest BCUT2D eigenvalue weighted by Crippen LogP contribution is -2.45. The van der Waals surface area contributed by atoms with Crippen LogP contribution in [0.25, 0.3) is 0 Å². The first-order chi connectivity index (χ1) is 9.83. The summed E-state index contributed by atoms with van der Waals surface area (Å²) in [7, 11) is 0. The van der Waals surface area contributed by atoms with Gasteiger partial charge in [-0.15, -0.1) is 0 Å². The summed E-state index contributed by atoms with van der Waals surface area (Å²) in [6.45, 7) is 6.51. The van der Waals surface area contributed by atoms with E-state index in [-0.39, 0.29) is 0 Å². The summed E-state index contributed by atoms with van der Waals surface area (Å²) in [5.74, 6) is 0. The molecule has 1 heterocycles. The fraction of sp³-hybridized carbons (Fsp3) is 0.333. The fourth-order valence-electron chi connectivity index (χ4n) is 2.98. The number of piperazine rings is 1. The standard InChI is InChI=1S/C18H22N2/c1-15-7-5-6-10-17(15)18-14-20(12-11-19-18)13-16-8-3-2-4-9-16/h2-10,18-19H,11-14H2,1H3/t18-/m0/s1. The van der Waals surface area contributed by atoms with Gasteiger partial charge in [-0.25, -0.2) is 0 Å². The summed E-state index contributed by atoms with van der Waals surface area (Å²) in [6.07, 6.45) is 0. The Labute approximate surface area is 121 Å². The van der Waals surface area contributed by atoms with Crippen molar-refractivity contribution in [3.8, 4) is 0 Å². The topological polar surface area (TPSA) is 15.3 Å². The van der Waals surface area contributed by atoms with E-state index in [9.17, 15) is 0 Å². The number of hydrogen-bond donors (Lipinski definition) is 1. The molecule has 0 aliphatic carbocycles. The summed E-state index contributed by atoms with van der Waals surface area (Å²) < 4.78 is 0. The van der Waals surface area contributed by atoms with Crippen LogP contribution in [0.3, 0.4) is 0 Å². The van der Waals surface area contributed by atoms with Crippen molar-refractivity contribution in [3.63, 3.8) is 0 Å². The third-order valence-electron chi connectivity index (χ3n) is 4.07. The molecule has 0 unspecified atom stereocenters. The van der Waals surface area contributed by atoms with Gasteiger partial charge in [-0.1, -0.05) is 54.6 Å². The van der Waals surface area contributed by atoms with Gasteiger partial charge in [0.2, 0.25) is 0 Å². The highest BCUT2D eigenvalue weighted by molar-refractivity contribution is 5.29. The zero-order valence-electron chi connectivity index (χ0n) is 12.0. The van der Waals surface area contributed by atoms with Gasteiger partial charge in [0.05, 0.1) is 0 Å². The Hall–Kier alpha value is -1.64. The van der Waals surface area contributed by atoms with Gasteiger partial charge in [-0.05, 0) is 23.6 Å². The summed E-state index contributed by atoms with van der Waals surface area (Å²) in [5, 5.41) is 3.65. The monoisotopic (exact) mass is 266 g/mol. The van der Waals surface area contributed by atoms with Gasteiger partial charge < -0.3 is 5.32 Å². The second kappa shape index (κ2) is 6.21. The number of hydrogen-bond acceptors (Lipinski definition) is 2. The zero-order valence-corrected chi connectivity index (χ0v) is 12.0. The molecule has 0 radical (unpaired) electrons. The maximum absolute atomic E-state index is 3.65. The molecule has 104 valence electrons. The summed E-state index contributed by atoms with van der Waals surface area (Å²) >= 11 is 0. The molecule has 20 heavy (non-hydrogen) atoms. The van der Waals surface area contributed by atoms with Crippen molar-refractivity contribution < 1.29 is 0 Å². The first kappa shape index (κ1) is 13.3. The predicted molar refractivity (Wildman–Crippen MR) is 83.6 cm³/mol. The van der Waals surface area contributed by atoms with Gasteiger partial charge in [0.25, 0.3) is 0 Å². The molecule has 1 saturated heterocycles. The van der Waals surface area contributed by atoms with E-state index in [4.69, 9.17) is 0 Å². The summed E-state index contributed by atoms with van der Waals surface area (Å²) in [5.41, 5.74) is 4.22. The maximum atomic E-state index is 3.65. The van der Waals surface area contributed by atoms with Gasteiger partial charge in [-0.3, -0.25) is 4.90 Å². The lowest BCUT2D eigenvalue weighted by atomic mass is 9.99. The normalized spacial score (nSPS) is 19.9. The van der Waals surface area contributed by atoms with Gasteiger partial charge >= 0.3 is 0 Å². The second-order valence-corrected chi connectivity index (χ2v) is 5.58. The van der Waals surface area contributed by atoms with Gasteiger partial charge in [0, 0.05) is 32.2 Å². The van der Waals surface area contributed by atoms with Crippen LogP contribution in [-0.4, -0.2) is 24.5 Å². The average Bonchev–Trinajstić information content (AvgIpc) is 2.49. The smallest absolute Gasteiger partial charge is 0.0452 e. The van der Waals surface area contributed by atoms with E-state index < -0.39 is 0 Å². The van der Waals surface area contributed by atoms with Crippen LogP contribution in [0.2, 0.25) is 0 Å². The van der Waals surface area contributed by atoms with Crippen molar-refractivity contribution in [1.82, 2.24) is 10.2 Å². The van der Waals surface area contributed by atoms with E-state index in [1.165, 1.54) is 16.7 Å². The molecule has 2 heteroatoms. The van der Waals surface area contributed by atoms with Crippen molar-refractivity contribution in [2.24, 2.45) is 0 Å². The van der Waals surface area contributed by atoms with E-state index in [0.717, 1.165) is 26.2 Å². The minimum atomic E-state index is 0.452. The number of nitrogens with zero attached hydrogens (tertiary/aromatic N) is 1. The zero-order chi connectivity index (χ0) is 13.8. The molecular weight excluding hydrogens is 244 g/mol. The highest BCUT2D eigenvalue weighted by Gasteiger charge is 2.21. The molecule has 0 amide bonds. The number of nitrogens with one attached hydrogen (secondary N) is 1. The number of benzene rings is 2. The largest absolute Gasteiger partial charge is 0.308 e. The van der Waals surface area contributed by atoms with Crippen LogP contribution >= 0.6 is 0 Å². The minimum absolute atomic E-state index is 0.452. The molecular formula is C18H22N2. The Morgan fingerprint density at radius 1 is 1.05 bits per heavy atom. The lowest BCUT2D eigenvalue weighted by molar-refractivity contribution is 0.193. The summed E-state index contributed by atoms with van der Waals surface area (Å²) in [6, 6.07) is 19.9. The van der Waals surface area contributed by atoms with Gasteiger partial charge in [0.1, 0.15) is 0 Å². The van der Waals surface area contributed by atoms with E-state index in [2.05, 4.69) is 71.7 Å². The first-order valence-corrected chi connectivity index (χ1v) is 7.38. The lowest BCUT2D eigenvalue weighted by Gasteiger charge is -2.34. The van der Waals surface area contributed by atoms with Crippen LogP contribution in [0.5, 0.6) is 0 Å². The van der Waals surface area contributed by atoms with Crippen molar-refractivity contribution in [2.45, 2.75) is 19.5 Å². The van der Waals surface area contributed by atoms with Crippen LogP contribution in [-0.2, 0) is 6.54 Å². The molecule has 0 saturated carbocycles. The third-order valence-corrected chi connectivity index (χ3v) is 4.07. The molecule has 1 fully saturated rings. The van der Waals surface area contributed by atoms with Crippen LogP contribution in [0.15, 0.2) is 54.6 Å². The Kier molecular flexibility index (Phi) is 4.14. The first-order valence-electron chi connectivity index (χ1n) is 7.38. The molecule has 1 aliphatic rings. The van der Waals surface area contributed by atoms with Crippen LogP contribution in [0, 0.1) is 6.92 Å². The molecule has 1 atom stereocenters. The number of aryl methyl sites for hydroxylation is 1. The number of rotatable bonds is 3. The molecule has 2 nitrogen and oxygen atoms in total. The van der Waals surface area contributed by atoms with E-state index >= 15 is 0 Å². The van der Waals surface area contributed by atoms with Crippen molar-refractivity contribution >= 4 is 0 Å². The van der Waals surface area contributed by atoms with E-state index in [1.807, 2.05) is 0 Å². The maximum Gasteiger partial charge on any atom is 0.0452 e. The highest BCUT2D eigenvalue weighted by Crippen LogP contribution is 2.21. The minimum Gasteiger partial charge on any atom is -0.308 e. The SMILES string of the molecule is Cc1ccccc1[C@@H]1CN(Cc2ccccc2)CCN1. The second-order valence-electron chi connectivity index (χ2n) is 5.58. The van der Waals surface area contributed by atoms with Crippen LogP contribution in [0.1, 0.15) is 22.7 Å². The highest BCUT2D eigenvalue weighted by atomic mass is 15.2. The van der Waals surface area contributed by atoms with E-state index in [0.29, 0.717) is 6.04 Å². The van der Waals surface area contributed by atoms with Gasteiger partial charge in [-0.2, -0.15) is 0 Å². The molecule has 0 aromatic heterocycles. The van der Waals surface area contributed by atoms with Crippen LogP contribution < -0.4 is 5.32 Å². The fourth-order valence-corrected chi connectivity index (χ4v) is 2.98. The van der Waals surface area contributed by atoms with E-state index in [1.54, 1.807) is 0 Å². The summed E-state index contributed by atoms with van der Waals surface area (Å²) in [4.78, 5) is 2.54. The van der Waals surface area contributed by atoms with Crippen molar-refractivity contribution in [1.29, 1.82) is 0 Å². The Morgan fingerprint density at radius 2 is 1.80 bits per heavy atom. The van der Waals surface area contributed by atoms with Crippen LogP contribution in [0.4, 0.5) is 0 Å². The molecule has 3 rings (SSSR count). The molecule has 1 aliphatic heterocycles. The quantitative estimate of drug-likeness (QED) is 0.918. The molecule has 0 bridgehead atoms. The average molecular weight is 266 g/mol.